The second-order valence-electron chi connectivity index (χ2n) is 5.19. The van der Waals surface area contributed by atoms with Gasteiger partial charge in [-0.15, -0.1) is 0 Å². The van der Waals surface area contributed by atoms with Gasteiger partial charge < -0.3 is 14.6 Å². The van der Waals surface area contributed by atoms with Crippen molar-refractivity contribution in [2.75, 3.05) is 20.3 Å². The van der Waals surface area contributed by atoms with Crippen LogP contribution in [0.5, 0.6) is 5.75 Å². The number of methoxy groups -OCH3 is 1. The van der Waals surface area contributed by atoms with Gasteiger partial charge in [-0.1, -0.05) is 32.9 Å². The number of aliphatic hydroxyl groups is 1. The average molecular weight is 238 g/mol. The van der Waals surface area contributed by atoms with Crippen LogP contribution in [0.4, 0.5) is 0 Å². The van der Waals surface area contributed by atoms with Gasteiger partial charge >= 0.3 is 0 Å². The fraction of sp³-hybridized carbons (Fsp3) is 0.571. The zero-order chi connectivity index (χ0) is 12.9. The highest BCUT2D eigenvalue weighted by atomic mass is 16.5. The van der Waals surface area contributed by atoms with Crippen molar-refractivity contribution in [3.63, 3.8) is 0 Å². The van der Waals surface area contributed by atoms with Crippen molar-refractivity contribution in [3.8, 4) is 5.75 Å². The van der Waals surface area contributed by atoms with Gasteiger partial charge in [0.25, 0.3) is 0 Å². The highest BCUT2D eigenvalue weighted by molar-refractivity contribution is 5.31. The molecule has 0 aromatic heterocycles. The van der Waals surface area contributed by atoms with Gasteiger partial charge in [0.1, 0.15) is 18.5 Å². The molecule has 1 rings (SSSR count). The van der Waals surface area contributed by atoms with Crippen molar-refractivity contribution in [2.24, 2.45) is 0 Å². The molecule has 1 aromatic carbocycles. The Morgan fingerprint density at radius 1 is 1.12 bits per heavy atom. The standard InChI is InChI=1S/C14H22O3/c1-14(2,3)11-5-7-13(8-6-11)17-10-12(15)9-16-4/h5-8,12,15H,9-10H2,1-4H3. The number of ether oxygens (including phenoxy) is 2. The van der Waals surface area contributed by atoms with E-state index < -0.39 is 6.10 Å². The number of rotatable bonds is 5. The van der Waals surface area contributed by atoms with Crippen molar-refractivity contribution in [1.82, 2.24) is 0 Å². The van der Waals surface area contributed by atoms with Crippen molar-refractivity contribution in [2.45, 2.75) is 32.3 Å². The molecule has 0 amide bonds. The lowest BCUT2D eigenvalue weighted by atomic mass is 9.87. The quantitative estimate of drug-likeness (QED) is 0.856. The molecule has 1 aromatic rings. The fourth-order valence-corrected chi connectivity index (χ4v) is 1.48. The molecule has 0 bridgehead atoms. The molecule has 0 radical (unpaired) electrons. The zero-order valence-electron chi connectivity index (χ0n) is 11.1. The summed E-state index contributed by atoms with van der Waals surface area (Å²) in [7, 11) is 1.56. The summed E-state index contributed by atoms with van der Waals surface area (Å²) in [5.74, 6) is 0.771. The van der Waals surface area contributed by atoms with Crippen LogP contribution in [-0.2, 0) is 10.2 Å². The van der Waals surface area contributed by atoms with E-state index in [1.807, 2.05) is 12.1 Å². The molecular formula is C14H22O3. The van der Waals surface area contributed by atoms with E-state index in [9.17, 15) is 5.11 Å². The van der Waals surface area contributed by atoms with Crippen molar-refractivity contribution >= 4 is 0 Å². The molecule has 0 heterocycles. The second kappa shape index (κ2) is 6.03. The number of aliphatic hydroxyl groups excluding tert-OH is 1. The van der Waals surface area contributed by atoms with E-state index in [0.29, 0.717) is 6.61 Å². The van der Waals surface area contributed by atoms with Gasteiger partial charge in [-0.3, -0.25) is 0 Å². The largest absolute Gasteiger partial charge is 0.491 e. The van der Waals surface area contributed by atoms with Gasteiger partial charge in [0.05, 0.1) is 6.61 Å². The summed E-state index contributed by atoms with van der Waals surface area (Å²) < 4.78 is 10.3. The smallest absolute Gasteiger partial charge is 0.119 e. The maximum absolute atomic E-state index is 9.44. The molecule has 1 atom stereocenters. The molecule has 17 heavy (non-hydrogen) atoms. The first kappa shape index (κ1) is 14.0. The van der Waals surface area contributed by atoms with Gasteiger partial charge in [0, 0.05) is 7.11 Å². The Balaban J connectivity index is 2.51. The SMILES string of the molecule is COCC(O)COc1ccc(C(C)(C)C)cc1. The Kier molecular flexibility index (Phi) is 4.97. The molecule has 0 aliphatic carbocycles. The van der Waals surface area contributed by atoms with Crippen LogP contribution >= 0.6 is 0 Å². The molecule has 0 spiro atoms. The van der Waals surface area contributed by atoms with Crippen LogP contribution in [0, 0.1) is 0 Å². The minimum Gasteiger partial charge on any atom is -0.491 e. The Labute approximate surface area is 103 Å². The van der Waals surface area contributed by atoms with E-state index in [-0.39, 0.29) is 12.0 Å². The molecule has 0 fully saturated rings. The maximum Gasteiger partial charge on any atom is 0.119 e. The maximum atomic E-state index is 9.44. The average Bonchev–Trinajstić information content (AvgIpc) is 2.26. The number of hydrogen-bond donors (Lipinski definition) is 1. The summed E-state index contributed by atoms with van der Waals surface area (Å²) in [5, 5.41) is 9.44. The summed E-state index contributed by atoms with van der Waals surface area (Å²) in [6.07, 6.45) is -0.581. The molecule has 0 saturated heterocycles. The molecule has 3 heteroatoms. The van der Waals surface area contributed by atoms with E-state index in [1.165, 1.54) is 5.56 Å². The van der Waals surface area contributed by atoms with Crippen molar-refractivity contribution in [3.05, 3.63) is 29.8 Å². The number of hydrogen-bond acceptors (Lipinski definition) is 3. The van der Waals surface area contributed by atoms with Crippen LogP contribution in [0.2, 0.25) is 0 Å². The van der Waals surface area contributed by atoms with E-state index >= 15 is 0 Å². The summed E-state index contributed by atoms with van der Waals surface area (Å²) in [6.45, 7) is 7.06. The van der Waals surface area contributed by atoms with Crippen LogP contribution in [0.3, 0.4) is 0 Å². The summed E-state index contributed by atoms with van der Waals surface area (Å²) in [6, 6.07) is 7.97. The lowest BCUT2D eigenvalue weighted by Crippen LogP contribution is -2.22. The fourth-order valence-electron chi connectivity index (χ4n) is 1.48. The lowest BCUT2D eigenvalue weighted by Gasteiger charge is -2.19. The molecule has 0 aliphatic heterocycles. The monoisotopic (exact) mass is 238 g/mol. The Bertz CT molecular complexity index is 324. The topological polar surface area (TPSA) is 38.7 Å². The first-order chi connectivity index (χ1) is 7.93. The van der Waals surface area contributed by atoms with E-state index in [4.69, 9.17) is 9.47 Å². The Morgan fingerprint density at radius 3 is 2.18 bits per heavy atom. The molecule has 1 unspecified atom stereocenters. The number of benzene rings is 1. The molecule has 1 N–H and O–H groups in total. The van der Waals surface area contributed by atoms with Gasteiger partial charge in [-0.05, 0) is 23.1 Å². The summed E-state index contributed by atoms with van der Waals surface area (Å²) in [4.78, 5) is 0. The van der Waals surface area contributed by atoms with Crippen molar-refractivity contribution < 1.29 is 14.6 Å². The summed E-state index contributed by atoms with van der Waals surface area (Å²) in [5.41, 5.74) is 1.41. The molecular weight excluding hydrogens is 216 g/mol. The van der Waals surface area contributed by atoms with Gasteiger partial charge in [-0.2, -0.15) is 0 Å². The molecule has 3 nitrogen and oxygen atoms in total. The van der Waals surface area contributed by atoms with Crippen LogP contribution in [0.1, 0.15) is 26.3 Å². The third kappa shape index (κ3) is 4.75. The van der Waals surface area contributed by atoms with Crippen LogP contribution in [-0.4, -0.2) is 31.5 Å². The zero-order valence-corrected chi connectivity index (χ0v) is 11.1. The highest BCUT2D eigenvalue weighted by Gasteiger charge is 2.13. The predicted octanol–water partition coefficient (Wildman–Crippen LogP) is 2.37. The normalized spacial score (nSPS) is 13.5. The van der Waals surface area contributed by atoms with E-state index in [1.54, 1.807) is 7.11 Å². The van der Waals surface area contributed by atoms with Crippen LogP contribution in [0.25, 0.3) is 0 Å². The first-order valence-electron chi connectivity index (χ1n) is 5.84. The Morgan fingerprint density at radius 2 is 1.71 bits per heavy atom. The van der Waals surface area contributed by atoms with E-state index in [2.05, 4.69) is 32.9 Å². The van der Waals surface area contributed by atoms with E-state index in [0.717, 1.165) is 5.75 Å². The minimum atomic E-state index is -0.581. The third-order valence-corrected chi connectivity index (χ3v) is 2.52. The van der Waals surface area contributed by atoms with Crippen LogP contribution < -0.4 is 4.74 Å². The Hall–Kier alpha value is -1.06. The van der Waals surface area contributed by atoms with Gasteiger partial charge in [0.15, 0.2) is 0 Å². The van der Waals surface area contributed by atoms with Crippen LogP contribution in [0.15, 0.2) is 24.3 Å². The third-order valence-electron chi connectivity index (χ3n) is 2.52. The molecule has 0 aliphatic rings. The van der Waals surface area contributed by atoms with Gasteiger partial charge in [0.2, 0.25) is 0 Å². The van der Waals surface area contributed by atoms with Crippen molar-refractivity contribution in [1.29, 1.82) is 0 Å². The van der Waals surface area contributed by atoms with Gasteiger partial charge in [-0.25, -0.2) is 0 Å². The molecule has 0 saturated carbocycles. The highest BCUT2D eigenvalue weighted by Crippen LogP contribution is 2.24. The first-order valence-corrected chi connectivity index (χ1v) is 5.84. The predicted molar refractivity (Wildman–Crippen MR) is 68.5 cm³/mol. The lowest BCUT2D eigenvalue weighted by molar-refractivity contribution is 0.0325. The second-order valence-corrected chi connectivity index (χ2v) is 5.19. The minimum absolute atomic E-state index is 0.147. The molecule has 96 valence electrons. The summed E-state index contributed by atoms with van der Waals surface area (Å²) >= 11 is 0.